The van der Waals surface area contributed by atoms with Gasteiger partial charge in [0.05, 0.1) is 10.4 Å². The highest BCUT2D eigenvalue weighted by Crippen LogP contribution is 2.27. The van der Waals surface area contributed by atoms with E-state index < -0.39 is 4.92 Å². The molecule has 1 aromatic carbocycles. The van der Waals surface area contributed by atoms with Crippen LogP contribution in [0.25, 0.3) is 10.9 Å². The van der Waals surface area contributed by atoms with E-state index in [4.69, 9.17) is 4.74 Å². The summed E-state index contributed by atoms with van der Waals surface area (Å²) in [6, 6.07) is 8.46. The fourth-order valence-corrected chi connectivity index (χ4v) is 3.11. The number of ether oxygens (including phenoxy) is 1. The van der Waals surface area contributed by atoms with Crippen molar-refractivity contribution in [3.8, 4) is 0 Å². The molecular weight excluding hydrogens is 308 g/mol. The van der Waals surface area contributed by atoms with Crippen molar-refractivity contribution in [1.82, 2.24) is 9.88 Å². The lowest BCUT2D eigenvalue weighted by Gasteiger charge is -2.43. The Bertz CT molecular complexity index is 742. The van der Waals surface area contributed by atoms with Crippen molar-refractivity contribution in [2.24, 2.45) is 0 Å². The van der Waals surface area contributed by atoms with Crippen molar-refractivity contribution in [2.45, 2.75) is 18.4 Å². The number of anilines is 1. The number of fused-ring (bicyclic) bond motifs is 1. The highest BCUT2D eigenvalue weighted by atomic mass is 16.6. The zero-order valence-corrected chi connectivity index (χ0v) is 14.0. The maximum Gasteiger partial charge on any atom is 0.270 e. The number of non-ortho nitro benzene ring substituents is 1. The molecule has 1 aromatic heterocycles. The summed E-state index contributed by atoms with van der Waals surface area (Å²) in [5, 5.41) is 15.0. The van der Waals surface area contributed by atoms with Crippen molar-refractivity contribution in [1.29, 1.82) is 0 Å². The summed E-state index contributed by atoms with van der Waals surface area (Å²) in [6.07, 6.45) is 1.96. The Morgan fingerprint density at radius 3 is 2.71 bits per heavy atom. The number of nitro groups is 1. The summed E-state index contributed by atoms with van der Waals surface area (Å²) < 4.78 is 5.49. The zero-order valence-electron chi connectivity index (χ0n) is 14.0. The molecule has 1 aliphatic heterocycles. The number of rotatable bonds is 5. The molecule has 1 fully saturated rings. The van der Waals surface area contributed by atoms with E-state index in [1.165, 1.54) is 6.07 Å². The molecule has 24 heavy (non-hydrogen) atoms. The van der Waals surface area contributed by atoms with Gasteiger partial charge in [0.15, 0.2) is 0 Å². The second-order valence-corrected chi connectivity index (χ2v) is 6.42. The van der Waals surface area contributed by atoms with Crippen LogP contribution in [-0.4, -0.2) is 54.2 Å². The predicted molar refractivity (Wildman–Crippen MR) is 93.4 cm³/mol. The van der Waals surface area contributed by atoms with Crippen molar-refractivity contribution in [3.05, 3.63) is 40.4 Å². The topological polar surface area (TPSA) is 80.5 Å². The van der Waals surface area contributed by atoms with Crippen LogP contribution in [0.4, 0.5) is 11.5 Å². The minimum atomic E-state index is -0.391. The van der Waals surface area contributed by atoms with Crippen molar-refractivity contribution in [3.63, 3.8) is 0 Å². The summed E-state index contributed by atoms with van der Waals surface area (Å²) in [6.45, 7) is 2.33. The van der Waals surface area contributed by atoms with Crippen molar-refractivity contribution in [2.75, 3.05) is 39.2 Å². The molecule has 0 spiro atoms. The highest BCUT2D eigenvalue weighted by Gasteiger charge is 2.34. The first kappa shape index (κ1) is 16.6. The molecule has 2 heterocycles. The summed E-state index contributed by atoms with van der Waals surface area (Å²) in [7, 11) is 4.19. The van der Waals surface area contributed by atoms with Crippen LogP contribution >= 0.6 is 0 Å². The van der Waals surface area contributed by atoms with Gasteiger partial charge < -0.3 is 15.0 Å². The van der Waals surface area contributed by atoms with Crippen LogP contribution in [0.5, 0.6) is 0 Å². The molecule has 1 N–H and O–H groups in total. The number of hydrogen-bond acceptors (Lipinski definition) is 6. The second-order valence-electron chi connectivity index (χ2n) is 6.42. The smallest absolute Gasteiger partial charge is 0.270 e. The molecule has 7 nitrogen and oxygen atoms in total. The molecular formula is C17H22N4O3. The molecule has 0 aliphatic carbocycles. The molecule has 0 atom stereocenters. The Balaban J connectivity index is 1.77. The number of aromatic nitrogens is 1. The van der Waals surface area contributed by atoms with Crippen LogP contribution in [0.3, 0.4) is 0 Å². The molecule has 128 valence electrons. The van der Waals surface area contributed by atoms with Crippen LogP contribution in [0.15, 0.2) is 30.3 Å². The van der Waals surface area contributed by atoms with E-state index in [0.717, 1.165) is 49.3 Å². The third kappa shape index (κ3) is 3.32. The third-order valence-corrected chi connectivity index (χ3v) is 4.85. The Morgan fingerprint density at radius 2 is 2.04 bits per heavy atom. The lowest BCUT2D eigenvalue weighted by Crippen LogP contribution is -2.53. The lowest BCUT2D eigenvalue weighted by molar-refractivity contribution is -0.384. The Labute approximate surface area is 140 Å². The number of pyridine rings is 1. The van der Waals surface area contributed by atoms with Gasteiger partial charge in [0, 0.05) is 42.8 Å². The summed E-state index contributed by atoms with van der Waals surface area (Å²) in [5.41, 5.74) is 0.889. The van der Waals surface area contributed by atoms with Crippen LogP contribution in [0.2, 0.25) is 0 Å². The van der Waals surface area contributed by atoms with Gasteiger partial charge in [-0.1, -0.05) is 0 Å². The van der Waals surface area contributed by atoms with E-state index in [1.54, 1.807) is 12.1 Å². The molecule has 3 rings (SSSR count). The molecule has 0 saturated carbocycles. The molecule has 1 saturated heterocycles. The van der Waals surface area contributed by atoms with Crippen LogP contribution in [0.1, 0.15) is 12.8 Å². The third-order valence-electron chi connectivity index (χ3n) is 4.85. The van der Waals surface area contributed by atoms with Gasteiger partial charge in [-0.25, -0.2) is 4.98 Å². The zero-order chi connectivity index (χ0) is 17.2. The van der Waals surface area contributed by atoms with Crippen LogP contribution in [0, 0.1) is 10.1 Å². The molecule has 0 amide bonds. The Morgan fingerprint density at radius 1 is 1.29 bits per heavy atom. The number of benzene rings is 1. The molecule has 2 aromatic rings. The van der Waals surface area contributed by atoms with E-state index in [1.807, 2.05) is 12.1 Å². The van der Waals surface area contributed by atoms with Crippen molar-refractivity contribution >= 4 is 22.4 Å². The van der Waals surface area contributed by atoms with Gasteiger partial charge in [-0.2, -0.15) is 0 Å². The van der Waals surface area contributed by atoms with Crippen molar-refractivity contribution < 1.29 is 9.66 Å². The van der Waals surface area contributed by atoms with Gasteiger partial charge in [-0.15, -0.1) is 0 Å². The largest absolute Gasteiger partial charge is 0.381 e. The number of hydrogen-bond donors (Lipinski definition) is 1. The predicted octanol–water partition coefficient (Wildman–Crippen LogP) is 2.67. The fourth-order valence-electron chi connectivity index (χ4n) is 3.11. The fraction of sp³-hybridized carbons (Fsp3) is 0.471. The van der Waals surface area contributed by atoms with E-state index in [0.29, 0.717) is 0 Å². The Kier molecular flexibility index (Phi) is 4.64. The van der Waals surface area contributed by atoms with Crippen LogP contribution in [-0.2, 0) is 4.74 Å². The molecule has 0 radical (unpaired) electrons. The number of nitro benzene ring substituents is 1. The first-order valence-electron chi connectivity index (χ1n) is 8.04. The van der Waals surface area contributed by atoms with E-state index in [-0.39, 0.29) is 11.2 Å². The molecule has 0 unspecified atom stereocenters. The van der Waals surface area contributed by atoms with Gasteiger partial charge in [0.25, 0.3) is 5.69 Å². The highest BCUT2D eigenvalue weighted by molar-refractivity contribution is 5.82. The van der Waals surface area contributed by atoms with Gasteiger partial charge in [-0.05, 0) is 45.1 Å². The monoisotopic (exact) mass is 330 g/mol. The molecule has 1 aliphatic rings. The minimum Gasteiger partial charge on any atom is -0.381 e. The maximum absolute atomic E-state index is 10.8. The second kappa shape index (κ2) is 6.70. The van der Waals surface area contributed by atoms with E-state index in [9.17, 15) is 10.1 Å². The Hall–Kier alpha value is -2.25. The van der Waals surface area contributed by atoms with Gasteiger partial charge in [0.2, 0.25) is 0 Å². The quantitative estimate of drug-likeness (QED) is 0.670. The van der Waals surface area contributed by atoms with Gasteiger partial charge in [-0.3, -0.25) is 10.1 Å². The molecule has 7 heteroatoms. The maximum atomic E-state index is 10.8. The average Bonchev–Trinajstić information content (AvgIpc) is 2.60. The molecule has 0 bridgehead atoms. The number of likely N-dealkylation sites (N-methyl/N-ethyl adjacent to an activating group) is 1. The first-order valence-corrected chi connectivity index (χ1v) is 8.04. The van der Waals surface area contributed by atoms with Gasteiger partial charge >= 0.3 is 0 Å². The normalized spacial score (nSPS) is 17.1. The average molecular weight is 330 g/mol. The standard InChI is InChI=1S/C17H22N4O3/c1-20(2)17(7-9-24-10-8-17)12-18-16-6-3-13-11-14(21(22)23)4-5-15(13)19-16/h3-6,11H,7-10,12H2,1-2H3,(H,18,19). The SMILES string of the molecule is CN(C)C1(CNc2ccc3cc([N+](=O)[O-])ccc3n2)CCOCC1. The summed E-state index contributed by atoms with van der Waals surface area (Å²) in [4.78, 5) is 17.3. The first-order chi connectivity index (χ1) is 11.5. The van der Waals surface area contributed by atoms with Crippen LogP contribution < -0.4 is 5.32 Å². The number of nitrogens with one attached hydrogen (secondary N) is 1. The number of nitrogens with zero attached hydrogens (tertiary/aromatic N) is 3. The van der Waals surface area contributed by atoms with Gasteiger partial charge in [0.1, 0.15) is 5.82 Å². The minimum absolute atomic E-state index is 0.0599. The van der Waals surface area contributed by atoms with E-state index in [2.05, 4.69) is 29.3 Å². The lowest BCUT2D eigenvalue weighted by atomic mass is 9.88. The summed E-state index contributed by atoms with van der Waals surface area (Å²) >= 11 is 0. The summed E-state index contributed by atoms with van der Waals surface area (Å²) in [5.74, 6) is 0.782. The van der Waals surface area contributed by atoms with E-state index >= 15 is 0 Å².